The monoisotopic (exact) mass is 289 g/mol. The Morgan fingerprint density at radius 2 is 2.24 bits per heavy atom. The van der Waals surface area contributed by atoms with Crippen molar-refractivity contribution in [3.8, 4) is 23.3 Å². The first kappa shape index (κ1) is 15.7. The van der Waals surface area contributed by atoms with Crippen molar-refractivity contribution in [3.05, 3.63) is 23.8 Å². The molecule has 1 aromatic carbocycles. The van der Waals surface area contributed by atoms with Gasteiger partial charge in [-0.05, 0) is 44.9 Å². The van der Waals surface area contributed by atoms with Crippen molar-refractivity contribution in [1.29, 1.82) is 0 Å². The van der Waals surface area contributed by atoms with Crippen LogP contribution >= 0.6 is 0 Å². The third kappa shape index (κ3) is 4.38. The van der Waals surface area contributed by atoms with Crippen molar-refractivity contribution < 1.29 is 14.2 Å². The highest BCUT2D eigenvalue weighted by Gasteiger charge is 2.31. The van der Waals surface area contributed by atoms with Crippen LogP contribution < -0.4 is 15.2 Å². The molecular weight excluding hydrogens is 266 g/mol. The van der Waals surface area contributed by atoms with Crippen molar-refractivity contribution in [2.75, 3.05) is 20.3 Å². The van der Waals surface area contributed by atoms with Crippen molar-refractivity contribution in [2.24, 2.45) is 5.73 Å². The Morgan fingerprint density at radius 1 is 1.43 bits per heavy atom. The van der Waals surface area contributed by atoms with Gasteiger partial charge in [-0.15, -0.1) is 0 Å². The number of nitrogens with two attached hydrogens (primary N) is 1. The number of ether oxygens (including phenoxy) is 3. The Labute approximate surface area is 126 Å². The first-order valence-corrected chi connectivity index (χ1v) is 7.21. The fourth-order valence-electron chi connectivity index (χ4n) is 2.38. The summed E-state index contributed by atoms with van der Waals surface area (Å²) in [5, 5.41) is 0. The normalized spacial score (nSPS) is 19.7. The molecule has 1 saturated heterocycles. The van der Waals surface area contributed by atoms with Gasteiger partial charge in [0.05, 0.1) is 30.9 Å². The summed E-state index contributed by atoms with van der Waals surface area (Å²) in [6.07, 6.45) is 2.22. The van der Waals surface area contributed by atoms with Gasteiger partial charge in [0.2, 0.25) is 0 Å². The van der Waals surface area contributed by atoms with Gasteiger partial charge in [-0.25, -0.2) is 0 Å². The quantitative estimate of drug-likeness (QED) is 0.864. The standard InChI is InChI=1S/C17H23NO3/c1-17(2)9-8-15(21-17)12-20-16-7-6-14(19-3)11-13(16)5-4-10-18/h6-7,11,15H,8-10,12,18H2,1-3H3. The molecular formula is C17H23NO3. The lowest BCUT2D eigenvalue weighted by Crippen LogP contribution is -2.24. The van der Waals surface area contributed by atoms with E-state index in [9.17, 15) is 0 Å². The Kier molecular flexibility index (Phi) is 5.11. The highest BCUT2D eigenvalue weighted by molar-refractivity contribution is 5.50. The van der Waals surface area contributed by atoms with Crippen LogP contribution in [0, 0.1) is 11.8 Å². The summed E-state index contributed by atoms with van der Waals surface area (Å²) in [5.74, 6) is 7.36. The molecule has 0 aliphatic carbocycles. The third-order valence-corrected chi connectivity index (χ3v) is 3.49. The molecule has 1 aliphatic rings. The van der Waals surface area contributed by atoms with Gasteiger partial charge < -0.3 is 19.9 Å². The molecule has 114 valence electrons. The number of hydrogen-bond donors (Lipinski definition) is 1. The molecule has 2 rings (SSSR count). The first-order valence-electron chi connectivity index (χ1n) is 7.21. The van der Waals surface area contributed by atoms with E-state index < -0.39 is 0 Å². The van der Waals surface area contributed by atoms with Gasteiger partial charge in [-0.2, -0.15) is 0 Å². The van der Waals surface area contributed by atoms with Crippen molar-refractivity contribution in [2.45, 2.75) is 38.4 Å². The molecule has 1 aromatic rings. The van der Waals surface area contributed by atoms with E-state index in [1.807, 2.05) is 18.2 Å². The van der Waals surface area contributed by atoms with Gasteiger partial charge in [0.25, 0.3) is 0 Å². The van der Waals surface area contributed by atoms with Gasteiger partial charge in [-0.3, -0.25) is 0 Å². The van der Waals surface area contributed by atoms with Crippen LogP contribution in [0.3, 0.4) is 0 Å². The van der Waals surface area contributed by atoms with E-state index in [0.29, 0.717) is 13.2 Å². The molecule has 21 heavy (non-hydrogen) atoms. The molecule has 0 aromatic heterocycles. The maximum absolute atomic E-state index is 5.93. The van der Waals surface area contributed by atoms with E-state index in [2.05, 4.69) is 25.7 Å². The van der Waals surface area contributed by atoms with E-state index in [-0.39, 0.29) is 11.7 Å². The second kappa shape index (κ2) is 6.84. The third-order valence-electron chi connectivity index (χ3n) is 3.49. The number of benzene rings is 1. The predicted molar refractivity (Wildman–Crippen MR) is 82.6 cm³/mol. The highest BCUT2D eigenvalue weighted by Crippen LogP contribution is 2.30. The van der Waals surface area contributed by atoms with Gasteiger partial charge in [0.15, 0.2) is 0 Å². The maximum Gasteiger partial charge on any atom is 0.135 e. The van der Waals surface area contributed by atoms with Crippen LogP contribution in [0.5, 0.6) is 11.5 Å². The summed E-state index contributed by atoms with van der Waals surface area (Å²) in [6, 6.07) is 5.60. The molecule has 1 aliphatic heterocycles. The van der Waals surface area contributed by atoms with Crippen molar-refractivity contribution in [3.63, 3.8) is 0 Å². The molecule has 0 amide bonds. The molecule has 1 fully saturated rings. The van der Waals surface area contributed by atoms with Crippen LogP contribution in [0.1, 0.15) is 32.3 Å². The first-order chi connectivity index (χ1) is 10.0. The van der Waals surface area contributed by atoms with Crippen molar-refractivity contribution in [1.82, 2.24) is 0 Å². The lowest BCUT2D eigenvalue weighted by Gasteiger charge is -2.19. The number of methoxy groups -OCH3 is 1. The fraction of sp³-hybridized carbons (Fsp3) is 0.529. The average Bonchev–Trinajstić information content (AvgIpc) is 2.82. The minimum absolute atomic E-state index is 0.0455. The van der Waals surface area contributed by atoms with Crippen LogP contribution in [-0.4, -0.2) is 32.0 Å². The second-order valence-electron chi connectivity index (χ2n) is 5.72. The summed E-state index contributed by atoms with van der Waals surface area (Å²) in [7, 11) is 1.63. The summed E-state index contributed by atoms with van der Waals surface area (Å²) in [4.78, 5) is 0. The molecule has 0 radical (unpaired) electrons. The van der Waals surface area contributed by atoms with Crippen LogP contribution in [0.25, 0.3) is 0 Å². The largest absolute Gasteiger partial charge is 0.497 e. The lowest BCUT2D eigenvalue weighted by atomic mass is 10.1. The van der Waals surface area contributed by atoms with Crippen LogP contribution in [0.4, 0.5) is 0 Å². The summed E-state index contributed by atoms with van der Waals surface area (Å²) < 4.78 is 17.0. The molecule has 1 atom stereocenters. The summed E-state index contributed by atoms with van der Waals surface area (Å²) in [5.41, 5.74) is 6.18. The molecule has 1 heterocycles. The zero-order valence-corrected chi connectivity index (χ0v) is 12.9. The molecule has 4 heteroatoms. The second-order valence-corrected chi connectivity index (χ2v) is 5.72. The SMILES string of the molecule is COc1ccc(OCC2CCC(C)(C)O2)c(C#CCN)c1. The molecule has 0 bridgehead atoms. The topological polar surface area (TPSA) is 53.7 Å². The zero-order chi connectivity index (χ0) is 15.3. The van der Waals surface area contributed by atoms with E-state index in [4.69, 9.17) is 19.9 Å². The summed E-state index contributed by atoms with van der Waals surface area (Å²) in [6.45, 7) is 5.07. The Balaban J connectivity index is 2.05. The maximum atomic E-state index is 5.93. The molecule has 2 N–H and O–H groups in total. The Morgan fingerprint density at radius 3 is 2.86 bits per heavy atom. The highest BCUT2D eigenvalue weighted by atomic mass is 16.6. The van der Waals surface area contributed by atoms with Crippen LogP contribution in [0.15, 0.2) is 18.2 Å². The minimum Gasteiger partial charge on any atom is -0.497 e. The van der Waals surface area contributed by atoms with Gasteiger partial charge in [-0.1, -0.05) is 11.8 Å². The molecule has 0 saturated carbocycles. The molecule has 4 nitrogen and oxygen atoms in total. The Bertz CT molecular complexity index is 543. The molecule has 0 spiro atoms. The van der Waals surface area contributed by atoms with Gasteiger partial charge >= 0.3 is 0 Å². The van der Waals surface area contributed by atoms with E-state index in [1.165, 1.54) is 0 Å². The fourth-order valence-corrected chi connectivity index (χ4v) is 2.38. The predicted octanol–water partition coefficient (Wildman–Crippen LogP) is 2.34. The van der Waals surface area contributed by atoms with E-state index >= 15 is 0 Å². The van der Waals surface area contributed by atoms with Crippen LogP contribution in [0.2, 0.25) is 0 Å². The number of hydrogen-bond acceptors (Lipinski definition) is 4. The van der Waals surface area contributed by atoms with E-state index in [0.717, 1.165) is 29.9 Å². The van der Waals surface area contributed by atoms with Gasteiger partial charge in [0, 0.05) is 0 Å². The van der Waals surface area contributed by atoms with Crippen LogP contribution in [-0.2, 0) is 4.74 Å². The van der Waals surface area contributed by atoms with Gasteiger partial charge in [0.1, 0.15) is 18.1 Å². The number of rotatable bonds is 4. The van der Waals surface area contributed by atoms with Crippen molar-refractivity contribution >= 4 is 0 Å². The zero-order valence-electron chi connectivity index (χ0n) is 12.9. The summed E-state index contributed by atoms with van der Waals surface area (Å²) >= 11 is 0. The van der Waals surface area contributed by atoms with E-state index in [1.54, 1.807) is 7.11 Å². The Hall–Kier alpha value is -1.70. The smallest absolute Gasteiger partial charge is 0.135 e. The molecule has 1 unspecified atom stereocenters. The average molecular weight is 289 g/mol. The lowest BCUT2D eigenvalue weighted by molar-refractivity contribution is -0.0326. The minimum atomic E-state index is -0.0455.